The Bertz CT molecular complexity index is 2850. The summed E-state index contributed by atoms with van der Waals surface area (Å²) >= 11 is 0. The Kier molecular flexibility index (Phi) is 20.7. The lowest BCUT2D eigenvalue weighted by atomic mass is 10.2. The van der Waals surface area contributed by atoms with Crippen molar-refractivity contribution in [3.8, 4) is 34.5 Å². The Balaban J connectivity index is 0.000000219. The maximum absolute atomic E-state index is 12.0. The van der Waals surface area contributed by atoms with E-state index in [0.29, 0.717) is 11.3 Å². The highest BCUT2D eigenvalue weighted by molar-refractivity contribution is 5.94. The molecule has 0 atom stereocenters. The summed E-state index contributed by atoms with van der Waals surface area (Å²) in [7, 11) is 1.47. The smallest absolute Gasteiger partial charge is 0.347 e. The van der Waals surface area contributed by atoms with E-state index in [9.17, 15) is 33.6 Å². The molecule has 0 bridgehead atoms. The van der Waals surface area contributed by atoms with Crippen LogP contribution in [0.4, 0.5) is 0 Å². The molecule has 0 aromatic heterocycles. The van der Waals surface area contributed by atoms with Crippen LogP contribution in [-0.2, 0) is 0 Å². The van der Waals surface area contributed by atoms with Crippen LogP contribution in [0.5, 0.6) is 34.5 Å². The van der Waals surface area contributed by atoms with Gasteiger partial charge in [-0.25, -0.2) is 9.59 Å². The zero-order valence-corrected chi connectivity index (χ0v) is 33.6. The van der Waals surface area contributed by atoms with Gasteiger partial charge in [0.05, 0.1) is 12.7 Å². The maximum atomic E-state index is 12.0. The summed E-state index contributed by atoms with van der Waals surface area (Å²) < 4.78 is 15.2. The molecule has 0 fully saturated rings. The standard InChI is InChI=1S/C15H12O4.C14H10O3.C7H6O3.C7H6O2.C7H6O/c1-18-13-9-6-5-7-11(13)15(17)19-14-10-4-2-3-8-12(14)16;15-12-9-5-2-6-10-13(12)17-14(16)11-7-3-1-4-8-11;8-5-3-1-2-4-6(9)7(5)10;8-6-4-2-1-3-5-7(6)9;8-7-5-3-1-2-4-6-7/h2-10H,1H3;1-10H;1-4H,(H2,8,9,10);1-5H,(H,8,9);1-6H. The summed E-state index contributed by atoms with van der Waals surface area (Å²) in [4.78, 5) is 78.5. The SMILES string of the molecule is COc1ccccc1C(=O)Oc1cccccc1=O.O=C(Oc1cccccc1=O)c1ccccc1.O=c1ccccc(O)c1O.O=c1cccccc1.O=c1cccccc1O. The first-order valence-electron chi connectivity index (χ1n) is 18.6. The molecular formula is C50H40O13. The Hall–Kier alpha value is -8.97. The Morgan fingerprint density at radius 2 is 0.730 bits per heavy atom. The second-order valence-electron chi connectivity index (χ2n) is 12.1. The van der Waals surface area contributed by atoms with Crippen molar-refractivity contribution in [3.63, 3.8) is 0 Å². The highest BCUT2D eigenvalue weighted by Gasteiger charge is 2.15. The monoisotopic (exact) mass is 848 g/mol. The number of carbonyl (C=O) groups excluding carboxylic acids is 2. The quantitative estimate of drug-likeness (QED) is 0.153. The fraction of sp³-hybridized carbons (Fsp3) is 0.0200. The first-order valence-corrected chi connectivity index (χ1v) is 18.6. The van der Waals surface area contributed by atoms with Gasteiger partial charge in [0.15, 0.2) is 28.4 Å². The molecule has 0 saturated carbocycles. The molecule has 0 spiro atoms. The van der Waals surface area contributed by atoms with Gasteiger partial charge in [0.2, 0.25) is 27.5 Å². The van der Waals surface area contributed by atoms with Gasteiger partial charge in [-0.15, -0.1) is 0 Å². The average molecular weight is 849 g/mol. The lowest BCUT2D eigenvalue weighted by Gasteiger charge is -2.06. The number of carbonyl (C=O) groups is 2. The third-order valence-electron chi connectivity index (χ3n) is 7.58. The average Bonchev–Trinajstić information content (AvgIpc) is 3.87. The van der Waals surface area contributed by atoms with Crippen LogP contribution in [-0.4, -0.2) is 34.4 Å². The number of benzene rings is 2. The van der Waals surface area contributed by atoms with E-state index in [2.05, 4.69) is 0 Å². The molecule has 3 N–H and O–H groups in total. The summed E-state index contributed by atoms with van der Waals surface area (Å²) in [5.41, 5.74) is -0.862. The predicted octanol–water partition coefficient (Wildman–Crippen LogP) is 6.80. The van der Waals surface area contributed by atoms with Crippen LogP contribution in [0.15, 0.2) is 230 Å². The van der Waals surface area contributed by atoms with E-state index in [0.717, 1.165) is 0 Å². The van der Waals surface area contributed by atoms with Gasteiger partial charge in [0, 0.05) is 0 Å². The van der Waals surface area contributed by atoms with Gasteiger partial charge >= 0.3 is 11.9 Å². The van der Waals surface area contributed by atoms with Gasteiger partial charge in [-0.2, -0.15) is 0 Å². The van der Waals surface area contributed by atoms with E-state index in [1.54, 1.807) is 121 Å². The molecule has 7 aromatic carbocycles. The molecule has 318 valence electrons. The van der Waals surface area contributed by atoms with Crippen molar-refractivity contribution < 1.29 is 39.1 Å². The minimum absolute atomic E-state index is 0.0130. The number of aromatic hydroxyl groups is 3. The third-order valence-corrected chi connectivity index (χ3v) is 7.58. The first kappa shape index (κ1) is 48.4. The maximum Gasteiger partial charge on any atom is 0.347 e. The largest absolute Gasteiger partial charge is 0.504 e. The molecule has 7 aromatic rings. The van der Waals surface area contributed by atoms with E-state index in [1.165, 1.54) is 79.9 Å². The molecule has 0 aliphatic heterocycles. The van der Waals surface area contributed by atoms with Crippen LogP contribution in [0.3, 0.4) is 0 Å². The first-order chi connectivity index (χ1) is 30.4. The fourth-order valence-electron chi connectivity index (χ4n) is 4.48. The van der Waals surface area contributed by atoms with Crippen LogP contribution < -0.4 is 41.4 Å². The molecule has 13 heteroatoms. The molecule has 0 aliphatic rings. The predicted molar refractivity (Wildman–Crippen MR) is 238 cm³/mol. The minimum Gasteiger partial charge on any atom is -0.504 e. The van der Waals surface area contributed by atoms with Gasteiger partial charge in [-0.3, -0.25) is 24.0 Å². The number of ether oxygens (including phenoxy) is 3. The third kappa shape index (κ3) is 17.8. The molecule has 7 rings (SSSR count). The lowest BCUT2D eigenvalue weighted by molar-refractivity contribution is 0.0721. The second-order valence-corrected chi connectivity index (χ2v) is 12.1. The number of methoxy groups -OCH3 is 1. The van der Waals surface area contributed by atoms with E-state index in [1.807, 2.05) is 12.1 Å². The summed E-state index contributed by atoms with van der Waals surface area (Å²) in [6.45, 7) is 0. The summed E-state index contributed by atoms with van der Waals surface area (Å²) in [6.07, 6.45) is 0. The Morgan fingerprint density at radius 1 is 0.365 bits per heavy atom. The van der Waals surface area contributed by atoms with Crippen molar-refractivity contribution in [1.29, 1.82) is 0 Å². The van der Waals surface area contributed by atoms with Crippen LogP contribution in [0.1, 0.15) is 20.7 Å². The number of esters is 2. The number of para-hydroxylation sites is 1. The zero-order valence-electron chi connectivity index (χ0n) is 33.6. The summed E-state index contributed by atoms with van der Waals surface area (Å²) in [5.74, 6) is -1.94. The molecule has 63 heavy (non-hydrogen) atoms. The number of rotatable bonds is 5. The minimum atomic E-state index is -0.624. The van der Waals surface area contributed by atoms with Crippen LogP contribution >= 0.6 is 0 Å². The van der Waals surface area contributed by atoms with Crippen molar-refractivity contribution in [2.45, 2.75) is 0 Å². The Labute approximate surface area is 360 Å². The van der Waals surface area contributed by atoms with E-state index >= 15 is 0 Å². The lowest BCUT2D eigenvalue weighted by Crippen LogP contribution is -2.14. The molecule has 0 amide bonds. The molecule has 0 aliphatic carbocycles. The van der Waals surface area contributed by atoms with Gasteiger partial charge in [0.1, 0.15) is 11.3 Å². The highest BCUT2D eigenvalue weighted by atomic mass is 16.5. The van der Waals surface area contributed by atoms with Crippen molar-refractivity contribution >= 4 is 11.9 Å². The van der Waals surface area contributed by atoms with Crippen molar-refractivity contribution in [2.75, 3.05) is 7.11 Å². The molecule has 0 unspecified atom stereocenters. The summed E-state index contributed by atoms with van der Waals surface area (Å²) in [6, 6.07) is 53.7. The molecule has 0 radical (unpaired) electrons. The summed E-state index contributed by atoms with van der Waals surface area (Å²) in [5, 5.41) is 26.4. The molecule has 0 saturated heterocycles. The number of hydrogen-bond donors (Lipinski definition) is 3. The van der Waals surface area contributed by atoms with E-state index in [4.69, 9.17) is 29.5 Å². The Morgan fingerprint density at radius 3 is 1.30 bits per heavy atom. The van der Waals surface area contributed by atoms with Crippen LogP contribution in [0.2, 0.25) is 0 Å². The van der Waals surface area contributed by atoms with Crippen LogP contribution in [0, 0.1) is 0 Å². The van der Waals surface area contributed by atoms with Gasteiger partial charge in [0.25, 0.3) is 0 Å². The van der Waals surface area contributed by atoms with Gasteiger partial charge in [-0.1, -0.05) is 121 Å². The van der Waals surface area contributed by atoms with E-state index in [-0.39, 0.29) is 44.5 Å². The van der Waals surface area contributed by atoms with Crippen LogP contribution in [0.25, 0.3) is 0 Å². The molecule has 13 nitrogen and oxygen atoms in total. The van der Waals surface area contributed by atoms with Gasteiger partial charge < -0.3 is 29.5 Å². The highest BCUT2D eigenvalue weighted by Crippen LogP contribution is 2.19. The topological polar surface area (TPSA) is 208 Å². The second kappa shape index (κ2) is 26.9. The normalized spacial score (nSPS) is 9.35. The van der Waals surface area contributed by atoms with Crippen molar-refractivity contribution in [1.82, 2.24) is 0 Å². The molecular weight excluding hydrogens is 809 g/mol. The van der Waals surface area contributed by atoms with Crippen molar-refractivity contribution in [3.05, 3.63) is 269 Å². The zero-order chi connectivity index (χ0) is 45.8. The number of hydrogen-bond acceptors (Lipinski definition) is 13. The van der Waals surface area contributed by atoms with Gasteiger partial charge in [-0.05, 0) is 84.9 Å². The van der Waals surface area contributed by atoms with E-state index < -0.39 is 28.9 Å². The fourth-order valence-corrected chi connectivity index (χ4v) is 4.48. The van der Waals surface area contributed by atoms with Crippen molar-refractivity contribution in [2.24, 2.45) is 0 Å². The molecule has 0 heterocycles.